The minimum atomic E-state index is -0.492. The Morgan fingerprint density at radius 2 is 1.77 bits per heavy atom. The molecule has 1 aliphatic heterocycles. The van der Waals surface area contributed by atoms with Crippen LogP contribution in [0.1, 0.15) is 17.0 Å². The fourth-order valence-corrected chi connectivity index (χ4v) is 2.97. The lowest BCUT2D eigenvalue weighted by Gasteiger charge is -2.18. The maximum atomic E-state index is 12.1. The van der Waals surface area contributed by atoms with Crippen LogP contribution in [-0.2, 0) is 11.2 Å². The zero-order valence-electron chi connectivity index (χ0n) is 14.4. The van der Waals surface area contributed by atoms with Crippen LogP contribution in [0.4, 0.5) is 10.7 Å². The van der Waals surface area contributed by atoms with Crippen LogP contribution in [0.3, 0.4) is 0 Å². The van der Waals surface area contributed by atoms with Crippen molar-refractivity contribution in [3.63, 3.8) is 0 Å². The molecule has 3 heterocycles. The number of ether oxygens (including phenoxy) is 1. The molecule has 0 aliphatic carbocycles. The maximum absolute atomic E-state index is 12.1. The highest BCUT2D eigenvalue weighted by Crippen LogP contribution is 2.21. The average Bonchev–Trinajstić information content (AvgIpc) is 3.17. The Kier molecular flexibility index (Phi) is 4.04. The predicted molar refractivity (Wildman–Crippen MR) is 92.0 cm³/mol. The van der Waals surface area contributed by atoms with Crippen molar-refractivity contribution >= 4 is 12.0 Å². The van der Waals surface area contributed by atoms with Gasteiger partial charge in [-0.1, -0.05) is 30.3 Å². The van der Waals surface area contributed by atoms with Gasteiger partial charge in [0.2, 0.25) is 0 Å². The van der Waals surface area contributed by atoms with Crippen LogP contribution in [0.5, 0.6) is 0 Å². The van der Waals surface area contributed by atoms with Crippen molar-refractivity contribution in [2.24, 2.45) is 0 Å². The molecule has 9 nitrogen and oxygen atoms in total. The molecule has 1 fully saturated rings. The molecule has 1 aromatic carbocycles. The first-order chi connectivity index (χ1) is 12.6. The Balaban J connectivity index is 1.58. The number of carbonyl (C=O) groups excluding carboxylic acids is 1. The van der Waals surface area contributed by atoms with Crippen LogP contribution in [0.2, 0.25) is 0 Å². The van der Waals surface area contributed by atoms with Crippen LogP contribution in [0, 0.1) is 13.8 Å². The lowest BCUT2D eigenvalue weighted by atomic mass is 10.1. The van der Waals surface area contributed by atoms with Gasteiger partial charge in [0.15, 0.2) is 0 Å². The van der Waals surface area contributed by atoms with Crippen molar-refractivity contribution in [1.82, 2.24) is 30.2 Å². The molecule has 0 radical (unpaired) electrons. The number of cyclic esters (lactones) is 1. The highest BCUT2D eigenvalue weighted by molar-refractivity contribution is 5.87. The summed E-state index contributed by atoms with van der Waals surface area (Å²) in [6.07, 6.45) is 0.142. The fourth-order valence-electron chi connectivity index (χ4n) is 2.97. The smallest absolute Gasteiger partial charge is 0.417 e. The molecule has 9 heteroatoms. The van der Waals surface area contributed by atoms with E-state index in [9.17, 15) is 4.79 Å². The van der Waals surface area contributed by atoms with Crippen molar-refractivity contribution in [3.8, 4) is 5.95 Å². The largest absolute Gasteiger partial charge is 0.447 e. The van der Waals surface area contributed by atoms with Crippen LogP contribution >= 0.6 is 0 Å². The number of aromatic nitrogens is 6. The summed E-state index contributed by atoms with van der Waals surface area (Å²) in [4.78, 5) is 13.5. The normalized spacial score (nSPS) is 16.8. The molecule has 132 valence electrons. The molecule has 3 aromatic rings. The van der Waals surface area contributed by atoms with E-state index in [2.05, 4.69) is 25.5 Å². The van der Waals surface area contributed by atoms with E-state index in [4.69, 9.17) is 4.74 Å². The topological polar surface area (TPSA) is 98.9 Å². The number of rotatable bonds is 4. The first kappa shape index (κ1) is 16.1. The molecule has 1 saturated heterocycles. The van der Waals surface area contributed by atoms with Gasteiger partial charge in [0.25, 0.3) is 11.9 Å². The molecule has 2 aromatic heterocycles. The van der Waals surface area contributed by atoms with Crippen molar-refractivity contribution in [2.45, 2.75) is 26.3 Å². The number of benzene rings is 1. The second-order valence-electron chi connectivity index (χ2n) is 6.13. The molecule has 4 rings (SSSR count). The third kappa shape index (κ3) is 2.99. The van der Waals surface area contributed by atoms with Gasteiger partial charge in [0, 0.05) is 5.69 Å². The molecule has 0 bridgehead atoms. The van der Waals surface area contributed by atoms with Gasteiger partial charge in [-0.15, -0.1) is 20.4 Å². The molecule has 1 atom stereocenters. The Morgan fingerprint density at radius 1 is 1.08 bits per heavy atom. The standard InChI is InChI=1S/C17H17N7O2/c1-11-8-12(2)24(22-11)16-20-18-15(19-21-16)23-14(10-26-17(23)25)9-13-6-4-3-5-7-13/h3-8,14H,9-10H2,1-2H3/t14-/m0/s1. The van der Waals surface area contributed by atoms with Crippen molar-refractivity contribution in [1.29, 1.82) is 0 Å². The molecule has 26 heavy (non-hydrogen) atoms. The first-order valence-corrected chi connectivity index (χ1v) is 8.23. The summed E-state index contributed by atoms with van der Waals surface area (Å²) in [6.45, 7) is 4.05. The van der Waals surface area contributed by atoms with E-state index in [1.807, 2.05) is 50.2 Å². The van der Waals surface area contributed by atoms with Gasteiger partial charge in [0.05, 0.1) is 11.7 Å². The predicted octanol–water partition coefficient (Wildman–Crippen LogP) is 1.64. The van der Waals surface area contributed by atoms with E-state index < -0.39 is 6.09 Å². The Labute approximate surface area is 149 Å². The molecule has 0 unspecified atom stereocenters. The summed E-state index contributed by atoms with van der Waals surface area (Å²) in [6, 6.07) is 11.6. The third-order valence-electron chi connectivity index (χ3n) is 4.15. The zero-order chi connectivity index (χ0) is 18.1. The van der Waals surface area contributed by atoms with Gasteiger partial charge in [-0.05, 0) is 31.9 Å². The summed E-state index contributed by atoms with van der Waals surface area (Å²) in [5, 5.41) is 20.6. The highest BCUT2D eigenvalue weighted by atomic mass is 16.6. The van der Waals surface area contributed by atoms with Crippen molar-refractivity contribution in [3.05, 3.63) is 53.3 Å². The number of hydrogen-bond donors (Lipinski definition) is 0. The quantitative estimate of drug-likeness (QED) is 0.704. The molecule has 1 aliphatic rings. The zero-order valence-corrected chi connectivity index (χ0v) is 14.4. The minimum absolute atomic E-state index is 0.124. The van der Waals surface area contributed by atoms with Gasteiger partial charge in [-0.25, -0.2) is 14.4 Å². The van der Waals surface area contributed by atoms with Gasteiger partial charge in [-0.2, -0.15) is 5.10 Å². The molecule has 0 spiro atoms. The van der Waals surface area contributed by atoms with E-state index in [0.717, 1.165) is 17.0 Å². The summed E-state index contributed by atoms with van der Waals surface area (Å²) in [5.41, 5.74) is 2.82. The van der Waals surface area contributed by atoms with E-state index in [1.165, 1.54) is 4.90 Å². The molecular formula is C17H17N7O2. The number of aryl methyl sites for hydroxylation is 2. The molecule has 1 amide bonds. The second kappa shape index (κ2) is 6.51. The van der Waals surface area contributed by atoms with E-state index in [0.29, 0.717) is 6.42 Å². The first-order valence-electron chi connectivity index (χ1n) is 8.23. The lowest BCUT2D eigenvalue weighted by Crippen LogP contribution is -2.37. The third-order valence-corrected chi connectivity index (χ3v) is 4.15. The summed E-state index contributed by atoms with van der Waals surface area (Å²) in [7, 11) is 0. The highest BCUT2D eigenvalue weighted by Gasteiger charge is 2.36. The monoisotopic (exact) mass is 351 g/mol. The van der Waals surface area contributed by atoms with Crippen molar-refractivity contribution < 1.29 is 9.53 Å². The number of anilines is 1. The van der Waals surface area contributed by atoms with Gasteiger partial charge in [-0.3, -0.25) is 0 Å². The number of carbonyl (C=O) groups is 1. The lowest BCUT2D eigenvalue weighted by molar-refractivity contribution is 0.178. The van der Waals surface area contributed by atoms with Gasteiger partial charge < -0.3 is 4.74 Å². The minimum Gasteiger partial charge on any atom is -0.447 e. The SMILES string of the molecule is Cc1cc(C)n(-c2nnc(N3C(=O)OC[C@@H]3Cc3ccccc3)nn2)n1. The van der Waals surface area contributed by atoms with Gasteiger partial charge >= 0.3 is 6.09 Å². The maximum Gasteiger partial charge on any atom is 0.417 e. The van der Waals surface area contributed by atoms with Crippen LogP contribution < -0.4 is 4.90 Å². The Morgan fingerprint density at radius 3 is 2.42 bits per heavy atom. The molecular weight excluding hydrogens is 334 g/mol. The Hall–Kier alpha value is -3.36. The van der Waals surface area contributed by atoms with E-state index in [-0.39, 0.29) is 24.5 Å². The number of amides is 1. The Bertz CT molecular complexity index is 924. The van der Waals surface area contributed by atoms with Crippen LogP contribution in [-0.4, -0.2) is 48.9 Å². The average molecular weight is 351 g/mol. The van der Waals surface area contributed by atoms with Crippen LogP contribution in [0.25, 0.3) is 5.95 Å². The van der Waals surface area contributed by atoms with Gasteiger partial charge in [0.1, 0.15) is 6.61 Å². The number of hydrogen-bond acceptors (Lipinski definition) is 7. The summed E-state index contributed by atoms with van der Waals surface area (Å²) >= 11 is 0. The number of nitrogens with zero attached hydrogens (tertiary/aromatic N) is 7. The van der Waals surface area contributed by atoms with E-state index in [1.54, 1.807) is 4.68 Å². The second-order valence-corrected chi connectivity index (χ2v) is 6.13. The van der Waals surface area contributed by atoms with E-state index >= 15 is 0 Å². The fraction of sp³-hybridized carbons (Fsp3) is 0.294. The molecule has 0 saturated carbocycles. The summed E-state index contributed by atoms with van der Waals surface area (Å²) < 4.78 is 6.73. The summed E-state index contributed by atoms with van der Waals surface area (Å²) in [5.74, 6) is 0.380. The van der Waals surface area contributed by atoms with Crippen LogP contribution in [0.15, 0.2) is 36.4 Å². The molecule has 0 N–H and O–H groups in total. The van der Waals surface area contributed by atoms with Crippen molar-refractivity contribution in [2.75, 3.05) is 11.5 Å².